The summed E-state index contributed by atoms with van der Waals surface area (Å²) in [6, 6.07) is 0. The lowest BCUT2D eigenvalue weighted by Crippen LogP contribution is -2.47. The average molecular weight is 224 g/mol. The number of carbonyl (C=O) groups excluding carboxylic acids is 1. The van der Waals surface area contributed by atoms with Crippen LogP contribution in [0.1, 0.15) is 25.7 Å². The number of hydrogen-bond donors (Lipinski definition) is 1. The van der Waals surface area contributed by atoms with Crippen molar-refractivity contribution in [2.75, 3.05) is 0 Å². The van der Waals surface area contributed by atoms with Gasteiger partial charge in [-0.15, -0.1) is 0 Å². The highest BCUT2D eigenvalue weighted by Crippen LogP contribution is 2.58. The molecule has 2 atom stereocenters. The SMILES string of the molecule is C[Si](C)(C)[C@@]12CCC[C@@H](C1)C(=O)C=C2O. The number of carbonyl (C=O) groups is 1. The van der Waals surface area contributed by atoms with Gasteiger partial charge in [0.2, 0.25) is 0 Å². The molecular weight excluding hydrogens is 204 g/mol. The van der Waals surface area contributed by atoms with Crippen molar-refractivity contribution < 1.29 is 9.90 Å². The summed E-state index contributed by atoms with van der Waals surface area (Å²) >= 11 is 0. The molecule has 1 saturated carbocycles. The van der Waals surface area contributed by atoms with Crippen molar-refractivity contribution in [2.45, 2.75) is 50.4 Å². The normalized spacial score (nSPS) is 36.3. The molecule has 0 aliphatic heterocycles. The maximum Gasteiger partial charge on any atom is 0.162 e. The highest BCUT2D eigenvalue weighted by Gasteiger charge is 2.52. The number of aliphatic hydroxyl groups excluding tert-OH is 1. The third-order valence-electron chi connectivity index (χ3n) is 4.36. The second-order valence-electron chi connectivity index (χ2n) is 6.06. The van der Waals surface area contributed by atoms with E-state index >= 15 is 0 Å². The number of allylic oxidation sites excluding steroid dienone is 2. The van der Waals surface area contributed by atoms with Crippen molar-refractivity contribution in [3.05, 3.63) is 11.8 Å². The lowest BCUT2D eigenvalue weighted by molar-refractivity contribution is -0.120. The number of aliphatic hydroxyl groups is 1. The van der Waals surface area contributed by atoms with E-state index in [0.29, 0.717) is 5.76 Å². The molecule has 15 heavy (non-hydrogen) atoms. The Labute approximate surface area is 92.4 Å². The molecule has 3 heteroatoms. The summed E-state index contributed by atoms with van der Waals surface area (Å²) < 4.78 is 0. The first kappa shape index (κ1) is 10.9. The van der Waals surface area contributed by atoms with Crippen LogP contribution in [-0.2, 0) is 4.79 Å². The minimum atomic E-state index is -1.46. The molecule has 0 heterocycles. The predicted octanol–water partition coefficient (Wildman–Crippen LogP) is 3.28. The van der Waals surface area contributed by atoms with Crippen LogP contribution in [0.25, 0.3) is 0 Å². The smallest absolute Gasteiger partial charge is 0.162 e. The summed E-state index contributed by atoms with van der Waals surface area (Å²) in [7, 11) is -1.46. The van der Waals surface area contributed by atoms with Gasteiger partial charge < -0.3 is 5.11 Å². The minimum absolute atomic E-state index is 0.0101. The first-order chi connectivity index (χ1) is 6.87. The molecule has 1 N–H and O–H groups in total. The summed E-state index contributed by atoms with van der Waals surface area (Å²) in [5, 5.41) is 10.1. The Morgan fingerprint density at radius 1 is 1.47 bits per heavy atom. The van der Waals surface area contributed by atoms with E-state index in [1.165, 1.54) is 6.08 Å². The molecule has 0 aromatic rings. The van der Waals surface area contributed by atoms with Crippen LogP contribution in [0.15, 0.2) is 11.8 Å². The van der Waals surface area contributed by atoms with E-state index in [4.69, 9.17) is 0 Å². The molecule has 2 aliphatic rings. The second kappa shape index (κ2) is 3.21. The zero-order valence-corrected chi connectivity index (χ0v) is 10.8. The maximum absolute atomic E-state index is 11.7. The van der Waals surface area contributed by atoms with E-state index in [2.05, 4.69) is 19.6 Å². The highest BCUT2D eigenvalue weighted by molar-refractivity contribution is 6.80. The van der Waals surface area contributed by atoms with Crippen LogP contribution >= 0.6 is 0 Å². The molecular formula is C12H20O2Si. The Balaban J connectivity index is 2.47. The first-order valence-electron chi connectivity index (χ1n) is 5.82. The second-order valence-corrected chi connectivity index (χ2v) is 11.5. The fraction of sp³-hybridized carbons (Fsp3) is 0.750. The molecule has 0 amide bonds. The van der Waals surface area contributed by atoms with Gasteiger partial charge in [0.05, 0.1) is 13.8 Å². The molecule has 84 valence electrons. The number of rotatable bonds is 1. The van der Waals surface area contributed by atoms with E-state index < -0.39 is 8.07 Å². The van der Waals surface area contributed by atoms with Crippen molar-refractivity contribution in [2.24, 2.45) is 5.92 Å². The number of fused-ring (bicyclic) bond motifs is 2. The van der Waals surface area contributed by atoms with Crippen LogP contribution in [-0.4, -0.2) is 19.0 Å². The van der Waals surface area contributed by atoms with Crippen molar-refractivity contribution >= 4 is 13.9 Å². The molecule has 0 radical (unpaired) electrons. The zero-order valence-electron chi connectivity index (χ0n) is 9.84. The van der Waals surface area contributed by atoms with Crippen LogP contribution in [0.3, 0.4) is 0 Å². The van der Waals surface area contributed by atoms with Gasteiger partial charge >= 0.3 is 0 Å². The van der Waals surface area contributed by atoms with E-state index in [9.17, 15) is 9.90 Å². The first-order valence-corrected chi connectivity index (χ1v) is 9.32. The monoisotopic (exact) mass is 224 g/mol. The Morgan fingerprint density at radius 2 is 2.13 bits per heavy atom. The van der Waals surface area contributed by atoms with Crippen molar-refractivity contribution in [1.82, 2.24) is 0 Å². The fourth-order valence-corrected chi connectivity index (χ4v) is 5.83. The van der Waals surface area contributed by atoms with Crippen LogP contribution in [0, 0.1) is 5.92 Å². The van der Waals surface area contributed by atoms with Crippen molar-refractivity contribution in [1.29, 1.82) is 0 Å². The summed E-state index contributed by atoms with van der Waals surface area (Å²) in [4.78, 5) is 11.7. The van der Waals surface area contributed by atoms with Gasteiger partial charge in [-0.05, 0) is 19.3 Å². The lowest BCUT2D eigenvalue weighted by atomic mass is 9.73. The molecule has 0 spiro atoms. The van der Waals surface area contributed by atoms with Crippen LogP contribution in [0.4, 0.5) is 0 Å². The van der Waals surface area contributed by atoms with Crippen LogP contribution in [0.2, 0.25) is 24.7 Å². The number of ketones is 1. The number of hydrogen-bond acceptors (Lipinski definition) is 2. The summed E-state index contributed by atoms with van der Waals surface area (Å²) in [6.07, 6.45) is 5.62. The highest BCUT2D eigenvalue weighted by atomic mass is 28.3. The minimum Gasteiger partial charge on any atom is -0.512 e. The summed E-state index contributed by atoms with van der Waals surface area (Å²) in [6.45, 7) is 6.90. The molecule has 2 rings (SSSR count). The Bertz CT molecular complexity index is 327. The molecule has 0 saturated heterocycles. The average Bonchev–Trinajstić information content (AvgIpc) is 2.14. The lowest BCUT2D eigenvalue weighted by Gasteiger charge is -2.50. The molecule has 2 bridgehead atoms. The van der Waals surface area contributed by atoms with Gasteiger partial charge in [-0.2, -0.15) is 0 Å². The third kappa shape index (κ3) is 1.48. The van der Waals surface area contributed by atoms with Gasteiger partial charge in [0.25, 0.3) is 0 Å². The standard InChI is InChI=1S/C12H20O2Si/c1-15(2,3)12-6-4-5-9(8-12)10(13)7-11(12)14/h7,9,14H,4-6,8H2,1-3H3/t9-,12-/m0/s1. The van der Waals surface area contributed by atoms with Gasteiger partial charge in [0, 0.05) is 17.0 Å². The zero-order chi connectivity index (χ0) is 11.3. The van der Waals surface area contributed by atoms with Gasteiger partial charge in [0.15, 0.2) is 5.78 Å². The van der Waals surface area contributed by atoms with E-state index in [-0.39, 0.29) is 16.7 Å². The summed E-state index contributed by atoms with van der Waals surface area (Å²) in [5.74, 6) is 0.741. The van der Waals surface area contributed by atoms with E-state index in [0.717, 1.165) is 25.7 Å². The van der Waals surface area contributed by atoms with Gasteiger partial charge in [-0.1, -0.05) is 26.1 Å². The topological polar surface area (TPSA) is 37.3 Å². The molecule has 0 unspecified atom stereocenters. The largest absolute Gasteiger partial charge is 0.512 e. The van der Waals surface area contributed by atoms with Crippen LogP contribution in [0.5, 0.6) is 0 Å². The van der Waals surface area contributed by atoms with Gasteiger partial charge in [0.1, 0.15) is 0 Å². The van der Waals surface area contributed by atoms with Crippen LogP contribution < -0.4 is 0 Å². The Morgan fingerprint density at radius 3 is 2.73 bits per heavy atom. The van der Waals surface area contributed by atoms with Gasteiger partial charge in [-0.25, -0.2) is 0 Å². The van der Waals surface area contributed by atoms with Crippen molar-refractivity contribution in [3.8, 4) is 0 Å². The maximum atomic E-state index is 11.7. The Kier molecular flexibility index (Phi) is 2.34. The van der Waals surface area contributed by atoms with Gasteiger partial charge in [-0.3, -0.25) is 4.79 Å². The molecule has 2 aliphatic carbocycles. The Hall–Kier alpha value is -0.573. The predicted molar refractivity (Wildman–Crippen MR) is 63.7 cm³/mol. The molecule has 1 fully saturated rings. The fourth-order valence-electron chi connectivity index (χ4n) is 3.21. The third-order valence-corrected chi connectivity index (χ3v) is 7.94. The molecule has 2 nitrogen and oxygen atoms in total. The van der Waals surface area contributed by atoms with Crippen molar-refractivity contribution in [3.63, 3.8) is 0 Å². The van der Waals surface area contributed by atoms with E-state index in [1.807, 2.05) is 0 Å². The molecule has 0 aromatic carbocycles. The quantitative estimate of drug-likeness (QED) is 0.694. The molecule has 0 aromatic heterocycles. The summed E-state index contributed by atoms with van der Waals surface area (Å²) in [5.41, 5.74) is 0. The van der Waals surface area contributed by atoms with E-state index in [1.54, 1.807) is 0 Å².